The first kappa shape index (κ1) is 15.3. The lowest BCUT2D eigenvalue weighted by Crippen LogP contribution is -2.45. The van der Waals surface area contributed by atoms with E-state index in [1.807, 2.05) is 18.4 Å². The number of nitrogens with one attached hydrogen (secondary N) is 2. The van der Waals surface area contributed by atoms with Gasteiger partial charge in [0.25, 0.3) is 0 Å². The normalized spacial score (nSPS) is 11.7. The molecule has 7 heteroatoms. The summed E-state index contributed by atoms with van der Waals surface area (Å²) in [7, 11) is 1.37. The average molecular weight is 284 g/mol. The maximum atomic E-state index is 11.7. The molecule has 0 aliphatic carbocycles. The van der Waals surface area contributed by atoms with Crippen LogP contribution < -0.4 is 10.6 Å². The van der Waals surface area contributed by atoms with Gasteiger partial charge >= 0.3 is 12.0 Å². The van der Waals surface area contributed by atoms with Crippen LogP contribution >= 0.6 is 11.8 Å². The topological polar surface area (TPSA) is 87.7 Å². The summed E-state index contributed by atoms with van der Waals surface area (Å²) >= 11 is 1.55. The molecule has 1 rings (SSSR count). The molecule has 0 aromatic heterocycles. The van der Waals surface area contributed by atoms with Crippen LogP contribution in [0.1, 0.15) is 0 Å². The Kier molecular flexibility index (Phi) is 6.17. The van der Waals surface area contributed by atoms with E-state index in [4.69, 9.17) is 9.84 Å². The zero-order valence-electron chi connectivity index (χ0n) is 10.7. The Morgan fingerprint density at radius 3 is 2.79 bits per heavy atom. The van der Waals surface area contributed by atoms with Gasteiger partial charge in [0.05, 0.1) is 6.61 Å². The summed E-state index contributed by atoms with van der Waals surface area (Å²) in [6.45, 7) is -0.0897. The van der Waals surface area contributed by atoms with Gasteiger partial charge in [0.15, 0.2) is 6.04 Å². The summed E-state index contributed by atoms with van der Waals surface area (Å²) in [5.41, 5.74) is 0.603. The number of benzene rings is 1. The van der Waals surface area contributed by atoms with Crippen molar-refractivity contribution in [2.45, 2.75) is 10.9 Å². The van der Waals surface area contributed by atoms with Crippen LogP contribution in [0.3, 0.4) is 0 Å². The molecule has 3 N–H and O–H groups in total. The lowest BCUT2D eigenvalue weighted by molar-refractivity contribution is -0.140. The van der Waals surface area contributed by atoms with E-state index in [0.29, 0.717) is 5.69 Å². The smallest absolute Gasteiger partial charge is 0.328 e. The van der Waals surface area contributed by atoms with E-state index in [9.17, 15) is 9.59 Å². The Morgan fingerprint density at radius 1 is 1.47 bits per heavy atom. The highest BCUT2D eigenvalue weighted by Crippen LogP contribution is 2.18. The molecule has 0 radical (unpaired) electrons. The number of carbonyl (C=O) groups excluding carboxylic acids is 1. The molecular formula is C12H16N2O4S. The van der Waals surface area contributed by atoms with Crippen LogP contribution in [0.5, 0.6) is 0 Å². The van der Waals surface area contributed by atoms with Gasteiger partial charge in [-0.3, -0.25) is 0 Å². The van der Waals surface area contributed by atoms with E-state index in [1.165, 1.54) is 7.11 Å². The Bertz CT molecular complexity index is 453. The quantitative estimate of drug-likeness (QED) is 0.691. The number of amides is 2. The third-order valence-corrected chi connectivity index (χ3v) is 2.99. The zero-order chi connectivity index (χ0) is 14.3. The van der Waals surface area contributed by atoms with Gasteiger partial charge in [-0.2, -0.15) is 0 Å². The molecule has 1 unspecified atom stereocenters. The first-order chi connectivity index (χ1) is 9.06. The number of hydrogen-bond acceptors (Lipinski definition) is 4. The van der Waals surface area contributed by atoms with Gasteiger partial charge in [-0.25, -0.2) is 9.59 Å². The highest BCUT2D eigenvalue weighted by atomic mass is 32.2. The largest absolute Gasteiger partial charge is 0.480 e. The first-order valence-electron chi connectivity index (χ1n) is 5.50. The predicted octanol–water partition coefficient (Wildman–Crippen LogP) is 1.63. The van der Waals surface area contributed by atoms with E-state index in [1.54, 1.807) is 23.9 Å². The summed E-state index contributed by atoms with van der Waals surface area (Å²) in [5.74, 6) is -1.14. The van der Waals surface area contributed by atoms with Crippen LogP contribution in [0.25, 0.3) is 0 Å². The number of anilines is 1. The molecule has 0 spiro atoms. The zero-order valence-corrected chi connectivity index (χ0v) is 11.5. The number of rotatable bonds is 6. The summed E-state index contributed by atoms with van der Waals surface area (Å²) in [6.07, 6.45) is 1.93. The average Bonchev–Trinajstić information content (AvgIpc) is 2.38. The van der Waals surface area contributed by atoms with Gasteiger partial charge in [0.1, 0.15) is 0 Å². The highest BCUT2D eigenvalue weighted by Gasteiger charge is 2.19. The fourth-order valence-corrected chi connectivity index (χ4v) is 1.83. The standard InChI is InChI=1S/C12H16N2O4S/c1-18-7-10(11(15)16)14-12(17)13-8-4-3-5-9(6-8)19-2/h3-6,10H,7H2,1-2H3,(H,15,16)(H2,13,14,17). The molecule has 0 aliphatic heterocycles. The van der Waals surface area contributed by atoms with E-state index < -0.39 is 18.0 Å². The molecule has 0 aliphatic rings. The first-order valence-corrected chi connectivity index (χ1v) is 6.72. The van der Waals surface area contributed by atoms with E-state index >= 15 is 0 Å². The van der Waals surface area contributed by atoms with Crippen molar-refractivity contribution in [2.75, 3.05) is 25.3 Å². The van der Waals surface area contributed by atoms with Gasteiger partial charge in [-0.1, -0.05) is 6.07 Å². The Hall–Kier alpha value is -1.73. The second-order valence-electron chi connectivity index (χ2n) is 3.68. The molecule has 0 saturated heterocycles. The van der Waals surface area contributed by atoms with E-state index in [-0.39, 0.29) is 6.61 Å². The van der Waals surface area contributed by atoms with Crippen molar-refractivity contribution in [3.05, 3.63) is 24.3 Å². The van der Waals surface area contributed by atoms with E-state index in [0.717, 1.165) is 4.90 Å². The minimum absolute atomic E-state index is 0.0897. The molecule has 1 aromatic rings. The minimum Gasteiger partial charge on any atom is -0.480 e. The van der Waals surface area contributed by atoms with Crippen molar-refractivity contribution in [1.82, 2.24) is 5.32 Å². The summed E-state index contributed by atoms with van der Waals surface area (Å²) in [4.78, 5) is 23.5. The monoisotopic (exact) mass is 284 g/mol. The SMILES string of the molecule is COCC(NC(=O)Nc1cccc(SC)c1)C(=O)O. The minimum atomic E-state index is -1.14. The van der Waals surface area contributed by atoms with Crippen molar-refractivity contribution >= 4 is 29.4 Å². The second kappa shape index (κ2) is 7.65. The molecule has 0 saturated carbocycles. The third kappa shape index (κ3) is 5.19. The predicted molar refractivity (Wildman–Crippen MR) is 73.7 cm³/mol. The molecule has 2 amide bonds. The molecule has 0 fully saturated rings. The van der Waals surface area contributed by atoms with Gasteiger partial charge in [0, 0.05) is 17.7 Å². The van der Waals surface area contributed by atoms with Gasteiger partial charge < -0.3 is 20.5 Å². The van der Waals surface area contributed by atoms with Gasteiger partial charge in [-0.05, 0) is 24.5 Å². The van der Waals surface area contributed by atoms with Crippen molar-refractivity contribution < 1.29 is 19.4 Å². The van der Waals surface area contributed by atoms with Crippen molar-refractivity contribution in [3.63, 3.8) is 0 Å². The van der Waals surface area contributed by atoms with Crippen LogP contribution in [0.4, 0.5) is 10.5 Å². The number of methoxy groups -OCH3 is 1. The van der Waals surface area contributed by atoms with Crippen molar-refractivity contribution in [1.29, 1.82) is 0 Å². The van der Waals surface area contributed by atoms with Crippen LogP contribution in [-0.2, 0) is 9.53 Å². The van der Waals surface area contributed by atoms with Crippen molar-refractivity contribution in [2.24, 2.45) is 0 Å². The number of carbonyl (C=O) groups is 2. The molecule has 104 valence electrons. The molecule has 0 heterocycles. The second-order valence-corrected chi connectivity index (χ2v) is 4.56. The maximum Gasteiger partial charge on any atom is 0.328 e. The molecule has 1 atom stereocenters. The van der Waals surface area contributed by atoms with E-state index in [2.05, 4.69) is 10.6 Å². The lowest BCUT2D eigenvalue weighted by Gasteiger charge is -2.14. The molecule has 6 nitrogen and oxygen atoms in total. The third-order valence-electron chi connectivity index (χ3n) is 2.26. The molecule has 1 aromatic carbocycles. The maximum absolute atomic E-state index is 11.7. The van der Waals surface area contributed by atoms with Gasteiger partial charge in [0.2, 0.25) is 0 Å². The Morgan fingerprint density at radius 2 is 2.21 bits per heavy atom. The number of carboxylic acid groups (broad SMARTS) is 1. The number of aliphatic carboxylic acids is 1. The van der Waals surface area contributed by atoms with Crippen molar-refractivity contribution in [3.8, 4) is 0 Å². The van der Waals surface area contributed by atoms with Gasteiger partial charge in [-0.15, -0.1) is 11.8 Å². The fourth-order valence-electron chi connectivity index (χ4n) is 1.37. The van der Waals surface area contributed by atoms with Crippen LogP contribution in [-0.4, -0.2) is 43.1 Å². The Balaban J connectivity index is 2.60. The van der Waals surface area contributed by atoms with Crippen LogP contribution in [0.2, 0.25) is 0 Å². The lowest BCUT2D eigenvalue weighted by atomic mass is 10.3. The number of hydrogen-bond donors (Lipinski definition) is 3. The number of ether oxygens (including phenoxy) is 1. The van der Waals surface area contributed by atoms with Crippen LogP contribution in [0, 0.1) is 0 Å². The number of thioether (sulfide) groups is 1. The Labute approximate surface area is 115 Å². The summed E-state index contributed by atoms with van der Waals surface area (Å²) in [5, 5.41) is 13.8. The summed E-state index contributed by atoms with van der Waals surface area (Å²) in [6, 6.07) is 5.60. The molecular weight excluding hydrogens is 268 g/mol. The van der Waals surface area contributed by atoms with Crippen LogP contribution in [0.15, 0.2) is 29.2 Å². The number of carboxylic acids is 1. The number of urea groups is 1. The fraction of sp³-hybridized carbons (Fsp3) is 0.333. The summed E-state index contributed by atoms with van der Waals surface area (Å²) < 4.78 is 4.73. The molecule has 0 bridgehead atoms. The highest BCUT2D eigenvalue weighted by molar-refractivity contribution is 7.98. The molecule has 19 heavy (non-hydrogen) atoms.